The zero-order chi connectivity index (χ0) is 76.3. The third-order valence-electron chi connectivity index (χ3n) is 11.6. The Labute approximate surface area is 590 Å². The number of rotatable bonds is 28. The zero-order valence-electron chi connectivity index (χ0n) is 62.5. The zero-order valence-corrected chi connectivity index (χ0v) is 62.5. The van der Waals surface area contributed by atoms with Crippen LogP contribution < -0.4 is 48.7 Å². The molecule has 0 saturated heterocycles. The number of aliphatic hydroxyl groups excluding tert-OH is 1. The van der Waals surface area contributed by atoms with Gasteiger partial charge >= 0.3 is 54.8 Å². The minimum Gasteiger partial charge on any atom is -0.444 e. The SMILES string of the molecule is CC(C)(C)OC(=O)NCCCCC(NC(=O)OC(C)(C)C)OC(=O)n1ccnc1.CC(C)(C)OC(=O)NCCCCC(NC(=O)OC(C)(C)C)OC(=O)n1ccnc1.CC(C)(C)OC(=O)NCCCCC(O)NC(=O)OC(C)(C)C.CC(Cc1ccccc1)NC(=O)OC(N)CCCCN. The Hall–Kier alpha value is -8.65. The number of aromatic nitrogens is 4. The van der Waals surface area contributed by atoms with Crippen molar-refractivity contribution >= 4 is 54.8 Å². The fourth-order valence-electron chi connectivity index (χ4n) is 7.64. The summed E-state index contributed by atoms with van der Waals surface area (Å²) in [6.07, 6.45) is 7.72. The van der Waals surface area contributed by atoms with E-state index in [1.807, 2.05) is 37.3 Å². The molecule has 32 nitrogen and oxygen atoms in total. The fraction of sp³-hybridized carbons (Fsp3) is 0.691. The monoisotopic (exact) mass is 1420 g/mol. The summed E-state index contributed by atoms with van der Waals surface area (Å²) < 4.78 is 48.9. The molecule has 2 heterocycles. The second kappa shape index (κ2) is 46.6. The van der Waals surface area contributed by atoms with Crippen molar-refractivity contribution in [3.05, 3.63) is 73.3 Å². The molecule has 5 atom stereocenters. The summed E-state index contributed by atoms with van der Waals surface area (Å²) in [6.45, 7) is 35.6. The van der Waals surface area contributed by atoms with Gasteiger partial charge < -0.3 is 74.7 Å². The van der Waals surface area contributed by atoms with Gasteiger partial charge in [-0.15, -0.1) is 0 Å². The van der Waals surface area contributed by atoms with Crippen LogP contribution in [0.1, 0.15) is 214 Å². The molecule has 32 heteroatoms. The minimum atomic E-state index is -0.962. The van der Waals surface area contributed by atoms with Crippen LogP contribution in [0.2, 0.25) is 0 Å². The molecule has 0 saturated carbocycles. The van der Waals surface area contributed by atoms with E-state index in [1.54, 1.807) is 125 Å². The van der Waals surface area contributed by atoms with E-state index in [0.29, 0.717) is 90.4 Å². The summed E-state index contributed by atoms with van der Waals surface area (Å²) in [5.41, 5.74) is 8.69. The van der Waals surface area contributed by atoms with E-state index in [-0.39, 0.29) is 6.04 Å². The smallest absolute Gasteiger partial charge is 0.421 e. The van der Waals surface area contributed by atoms with Gasteiger partial charge in [-0.25, -0.2) is 62.3 Å². The summed E-state index contributed by atoms with van der Waals surface area (Å²) in [6, 6.07) is 9.99. The van der Waals surface area contributed by atoms with E-state index >= 15 is 0 Å². The van der Waals surface area contributed by atoms with Gasteiger partial charge in [-0.2, -0.15) is 0 Å². The molecule has 2 aromatic heterocycles. The van der Waals surface area contributed by atoms with Crippen LogP contribution in [0, 0.1) is 0 Å². The highest BCUT2D eigenvalue weighted by Crippen LogP contribution is 2.15. The predicted molar refractivity (Wildman–Crippen MR) is 374 cm³/mol. The van der Waals surface area contributed by atoms with Crippen molar-refractivity contribution in [3.8, 4) is 0 Å². The number of hydrogen-bond donors (Lipinski definition) is 10. The first-order chi connectivity index (χ1) is 46.2. The van der Waals surface area contributed by atoms with E-state index in [0.717, 1.165) is 28.4 Å². The maximum atomic E-state index is 12.1. The summed E-state index contributed by atoms with van der Waals surface area (Å²) in [5, 5.41) is 27.8. The normalized spacial score (nSPS) is 12.9. The number of aliphatic hydroxyl groups is 1. The van der Waals surface area contributed by atoms with Gasteiger partial charge in [-0.05, 0) is 214 Å². The van der Waals surface area contributed by atoms with Crippen LogP contribution in [-0.2, 0) is 49.1 Å². The molecule has 1 aromatic carbocycles. The van der Waals surface area contributed by atoms with E-state index in [1.165, 1.54) is 43.0 Å². The number of benzene rings is 1. The van der Waals surface area contributed by atoms with E-state index < -0.39 is 113 Å². The van der Waals surface area contributed by atoms with Crippen molar-refractivity contribution in [2.45, 2.75) is 280 Å². The Morgan fingerprint density at radius 1 is 0.440 bits per heavy atom. The standard InChI is InChI=1S/2C19H32N4O6.C15H25N3O2.C15H30N2O5/c2*1-18(2,3)28-15(24)21-10-8-7-9-14(22-16(25)29-19(4,5)6)27-17(26)23-12-11-20-13-23;1-12(11-13-7-3-2-4-8-13)18-15(19)20-14(17)9-5-6-10-16;1-14(2,3)21-12(19)16-10-8-7-9-11(18)17-13(20)22-15(4,5)6/h2*11-14H,7-10H2,1-6H3,(H,21,24)(H,22,25);2-4,7-8,12,14H,5-6,9-11,16-17H2,1H3,(H,18,19);11,18H,7-10H2,1-6H3,(H,16,19)(H,17,20). The maximum Gasteiger partial charge on any atom is 0.421 e. The Kier molecular flexibility index (Phi) is 42.6. The first kappa shape index (κ1) is 91.4. The summed E-state index contributed by atoms with van der Waals surface area (Å²) in [4.78, 5) is 114. The minimum absolute atomic E-state index is 0.00106. The molecule has 5 unspecified atom stereocenters. The molecule has 0 spiro atoms. The van der Waals surface area contributed by atoms with Gasteiger partial charge in [0.15, 0.2) is 18.7 Å². The fourth-order valence-corrected chi connectivity index (χ4v) is 7.64. The van der Waals surface area contributed by atoms with Crippen LogP contribution in [0.25, 0.3) is 0 Å². The number of nitrogens with one attached hydrogen (secondary N) is 7. The number of unbranched alkanes of at least 4 members (excludes halogenated alkanes) is 4. The molecule has 0 fully saturated rings. The lowest BCUT2D eigenvalue weighted by Gasteiger charge is -2.23. The summed E-state index contributed by atoms with van der Waals surface area (Å²) >= 11 is 0. The van der Waals surface area contributed by atoms with E-state index in [4.69, 9.17) is 54.1 Å². The molecule has 0 aliphatic carbocycles. The third kappa shape index (κ3) is 55.3. The number of imidazole rings is 2. The largest absolute Gasteiger partial charge is 0.444 e. The second-order valence-electron chi connectivity index (χ2n) is 28.9. The predicted octanol–water partition coefficient (Wildman–Crippen LogP) is 11.1. The average molecular weight is 1420 g/mol. The number of alkyl carbamates (subject to hydrolysis) is 7. The summed E-state index contributed by atoms with van der Waals surface area (Å²) in [5.74, 6) is 0. The number of hydrogen-bond acceptors (Lipinski definition) is 23. The highest BCUT2D eigenvalue weighted by molar-refractivity contribution is 5.73. The number of nitrogens with two attached hydrogens (primary N) is 2. The highest BCUT2D eigenvalue weighted by Gasteiger charge is 2.26. The molecule has 12 N–H and O–H groups in total. The topological polar surface area (TPSA) is 429 Å². The molecular formula is C68H119N13O19. The Morgan fingerprint density at radius 3 is 1.12 bits per heavy atom. The molecule has 0 aliphatic heterocycles. The van der Waals surface area contributed by atoms with Gasteiger partial charge in [0.1, 0.15) is 52.5 Å². The number of amides is 7. The van der Waals surface area contributed by atoms with Crippen LogP contribution in [0.15, 0.2) is 67.8 Å². The van der Waals surface area contributed by atoms with Gasteiger partial charge in [0.05, 0.1) is 0 Å². The van der Waals surface area contributed by atoms with E-state index in [2.05, 4.69) is 47.2 Å². The molecule has 3 rings (SSSR count). The van der Waals surface area contributed by atoms with Crippen molar-refractivity contribution in [2.24, 2.45) is 11.5 Å². The van der Waals surface area contributed by atoms with Gasteiger partial charge in [0, 0.05) is 63.3 Å². The number of nitrogens with zero attached hydrogens (tertiary/aromatic N) is 4. The average Bonchev–Trinajstić information content (AvgIpc) is 1.63. The van der Waals surface area contributed by atoms with Crippen molar-refractivity contribution < 1.29 is 90.9 Å². The van der Waals surface area contributed by atoms with Crippen molar-refractivity contribution in [1.82, 2.24) is 56.3 Å². The van der Waals surface area contributed by atoms with Crippen LogP contribution in [0.4, 0.5) is 43.2 Å². The quantitative estimate of drug-likeness (QED) is 0.0183. The first-order valence-corrected chi connectivity index (χ1v) is 33.6. The lowest BCUT2D eigenvalue weighted by Crippen LogP contribution is -2.42. The third-order valence-corrected chi connectivity index (χ3v) is 11.6. The molecular weight excluding hydrogens is 1300 g/mol. The Balaban J connectivity index is 0.00000132. The number of carbonyl (C=O) groups is 9. The maximum absolute atomic E-state index is 12.1. The van der Waals surface area contributed by atoms with Gasteiger partial charge in [0.2, 0.25) is 0 Å². The van der Waals surface area contributed by atoms with Crippen LogP contribution in [0.3, 0.4) is 0 Å². The molecule has 7 amide bonds. The molecule has 3 aromatic rings. The van der Waals surface area contributed by atoms with E-state index in [9.17, 15) is 48.3 Å². The van der Waals surface area contributed by atoms with Crippen molar-refractivity contribution in [3.63, 3.8) is 0 Å². The molecule has 0 radical (unpaired) electrons. The van der Waals surface area contributed by atoms with Crippen LogP contribution >= 0.6 is 0 Å². The van der Waals surface area contributed by atoms with Gasteiger partial charge in [-0.3, -0.25) is 21.7 Å². The summed E-state index contributed by atoms with van der Waals surface area (Å²) in [7, 11) is 0. The van der Waals surface area contributed by atoms with Crippen molar-refractivity contribution in [1.29, 1.82) is 0 Å². The molecule has 0 aliphatic rings. The van der Waals surface area contributed by atoms with Gasteiger partial charge in [-0.1, -0.05) is 30.3 Å². The molecule has 0 bridgehead atoms. The molecule has 570 valence electrons. The van der Waals surface area contributed by atoms with Crippen LogP contribution in [-0.4, -0.2) is 170 Å². The lowest BCUT2D eigenvalue weighted by molar-refractivity contribution is 0.0253. The number of carbonyl (C=O) groups excluding carboxylic acids is 9. The number of ether oxygens (including phenoxy) is 9. The van der Waals surface area contributed by atoms with Crippen molar-refractivity contribution in [2.75, 3.05) is 26.2 Å². The first-order valence-electron chi connectivity index (χ1n) is 33.6. The second-order valence-corrected chi connectivity index (χ2v) is 28.9. The van der Waals surface area contributed by atoms with Crippen LogP contribution in [0.5, 0.6) is 0 Å². The lowest BCUT2D eigenvalue weighted by atomic mass is 10.1. The highest BCUT2D eigenvalue weighted by atomic mass is 16.6. The Morgan fingerprint density at radius 2 is 0.780 bits per heavy atom. The molecule has 100 heavy (non-hydrogen) atoms. The Bertz CT molecular complexity index is 2690. The van der Waals surface area contributed by atoms with Gasteiger partial charge in [0.25, 0.3) is 0 Å².